The monoisotopic (exact) mass is 374 g/mol. The third-order valence-electron chi connectivity index (χ3n) is 3.39. The summed E-state index contributed by atoms with van der Waals surface area (Å²) in [5, 5.41) is 36.3. The predicted molar refractivity (Wildman–Crippen MR) is 85.7 cm³/mol. The van der Waals surface area contributed by atoms with Crippen LogP contribution in [0.1, 0.15) is 51.8 Å². The largest absolute Gasteiger partial charge is 0.478 e. The smallest absolute Gasteiger partial charge is 0.344 e. The Morgan fingerprint density at radius 3 is 1.70 bits per heavy atom. The summed E-state index contributed by atoms with van der Waals surface area (Å²) in [6.45, 7) is 0. The highest BCUT2D eigenvalue weighted by Gasteiger charge is 2.25. The maximum absolute atomic E-state index is 12.3. The molecule has 0 spiro atoms. The Morgan fingerprint density at radius 2 is 1.19 bits per heavy atom. The van der Waals surface area contributed by atoms with Crippen molar-refractivity contribution in [2.45, 2.75) is 0 Å². The van der Waals surface area contributed by atoms with Gasteiger partial charge in [0, 0.05) is 0 Å². The number of rotatable bonds is 6. The summed E-state index contributed by atoms with van der Waals surface area (Å²) >= 11 is 0. The molecule has 138 valence electrons. The molecule has 10 heteroatoms. The lowest BCUT2D eigenvalue weighted by Gasteiger charge is -2.10. The van der Waals surface area contributed by atoms with Crippen molar-refractivity contribution in [1.82, 2.24) is 0 Å². The van der Waals surface area contributed by atoms with Gasteiger partial charge in [0.2, 0.25) is 0 Å². The van der Waals surface area contributed by atoms with Crippen molar-refractivity contribution in [1.29, 1.82) is 0 Å². The molecule has 0 saturated heterocycles. The number of hydrogen-bond acceptors (Lipinski definition) is 6. The lowest BCUT2D eigenvalue weighted by atomic mass is 10.0. The molecule has 2 rings (SSSR count). The molecule has 0 aromatic heterocycles. The van der Waals surface area contributed by atoms with Crippen molar-refractivity contribution >= 4 is 29.8 Å². The summed E-state index contributed by atoms with van der Waals surface area (Å²) in [5.74, 6) is -7.94. The molecule has 0 amide bonds. The fourth-order valence-corrected chi connectivity index (χ4v) is 2.24. The molecule has 0 aliphatic heterocycles. The second-order valence-corrected chi connectivity index (χ2v) is 5.05. The summed E-state index contributed by atoms with van der Waals surface area (Å²) in [6.07, 6.45) is 0. The summed E-state index contributed by atoms with van der Waals surface area (Å²) in [6, 6.07) is 5.86. The quantitative estimate of drug-likeness (QED) is 0.430. The van der Waals surface area contributed by atoms with Gasteiger partial charge in [-0.2, -0.15) is 0 Å². The van der Waals surface area contributed by atoms with Crippen LogP contribution in [-0.2, 0) is 0 Å². The van der Waals surface area contributed by atoms with Crippen molar-refractivity contribution in [3.05, 3.63) is 64.2 Å². The van der Waals surface area contributed by atoms with Crippen LogP contribution in [0.3, 0.4) is 0 Å². The molecule has 27 heavy (non-hydrogen) atoms. The number of carbonyl (C=O) groups is 5. The number of benzene rings is 2. The van der Waals surface area contributed by atoms with Crippen LogP contribution in [0.25, 0.3) is 0 Å². The van der Waals surface area contributed by atoms with Gasteiger partial charge in [0.25, 0.3) is 0 Å². The molecule has 0 aliphatic rings. The normalized spacial score (nSPS) is 10.1. The average Bonchev–Trinajstić information content (AvgIpc) is 2.60. The van der Waals surface area contributed by atoms with E-state index < -0.39 is 57.7 Å². The van der Waals surface area contributed by atoms with Crippen molar-refractivity contribution in [3.8, 4) is 5.75 Å². The molecule has 0 heterocycles. The van der Waals surface area contributed by atoms with Gasteiger partial charge in [-0.1, -0.05) is 6.07 Å². The first-order valence-corrected chi connectivity index (χ1v) is 7.06. The minimum atomic E-state index is -1.67. The molecule has 0 fully saturated rings. The number of ether oxygens (including phenoxy) is 1. The molecule has 4 N–H and O–H groups in total. The van der Waals surface area contributed by atoms with Gasteiger partial charge in [-0.15, -0.1) is 0 Å². The van der Waals surface area contributed by atoms with E-state index in [-0.39, 0.29) is 5.75 Å². The molecule has 0 radical (unpaired) electrons. The Bertz CT molecular complexity index is 989. The van der Waals surface area contributed by atoms with Crippen LogP contribution < -0.4 is 4.74 Å². The van der Waals surface area contributed by atoms with Crippen LogP contribution in [0.5, 0.6) is 5.75 Å². The first kappa shape index (κ1) is 19.1. The maximum Gasteiger partial charge on any atom is 0.344 e. The Morgan fingerprint density at radius 1 is 0.630 bits per heavy atom. The molecule has 0 aliphatic carbocycles. The Hall–Kier alpha value is -4.21. The Kier molecular flexibility index (Phi) is 5.21. The zero-order valence-corrected chi connectivity index (χ0v) is 13.2. The Labute approximate surface area is 149 Å². The van der Waals surface area contributed by atoms with E-state index in [1.54, 1.807) is 0 Å². The summed E-state index contributed by atoms with van der Waals surface area (Å²) in [7, 11) is 0. The number of aromatic carboxylic acids is 4. The highest BCUT2D eigenvalue weighted by atomic mass is 16.5. The highest BCUT2D eigenvalue weighted by Crippen LogP contribution is 2.22. The first-order valence-electron chi connectivity index (χ1n) is 7.06. The molecule has 0 unspecified atom stereocenters. The first-order chi connectivity index (χ1) is 12.6. The van der Waals surface area contributed by atoms with Crippen LogP contribution in [0, 0.1) is 0 Å². The van der Waals surface area contributed by atoms with Crippen LogP contribution in [0.2, 0.25) is 0 Å². The maximum atomic E-state index is 12.3. The fourth-order valence-electron chi connectivity index (χ4n) is 2.24. The molecular weight excluding hydrogens is 364 g/mol. The van der Waals surface area contributed by atoms with E-state index in [0.717, 1.165) is 36.4 Å². The molecule has 0 bridgehead atoms. The minimum Gasteiger partial charge on any atom is -0.478 e. The van der Waals surface area contributed by atoms with E-state index in [9.17, 15) is 29.1 Å². The third-order valence-corrected chi connectivity index (χ3v) is 3.39. The molecular formula is C17H10O10. The Balaban J connectivity index is 2.47. The van der Waals surface area contributed by atoms with Gasteiger partial charge in [-0.3, -0.25) is 0 Å². The van der Waals surface area contributed by atoms with Gasteiger partial charge in [0.1, 0.15) is 5.75 Å². The lowest BCUT2D eigenvalue weighted by Crippen LogP contribution is -2.18. The number of carboxylic acids is 4. The lowest BCUT2D eigenvalue weighted by molar-refractivity contribution is 0.0639. The third kappa shape index (κ3) is 3.90. The van der Waals surface area contributed by atoms with E-state index in [0.29, 0.717) is 0 Å². The van der Waals surface area contributed by atoms with Gasteiger partial charge in [-0.05, 0) is 30.3 Å². The van der Waals surface area contributed by atoms with Gasteiger partial charge in [-0.25, -0.2) is 24.0 Å². The standard InChI is InChI=1S/C17H10O10/c18-13(19)8-5-4-7(6-11(8)15(22)23)27-17(26)10-3-1-2-9(14(20)21)12(10)16(24)25/h1-6H,(H,18,19)(H,20,21)(H,22,23)(H,24,25). The molecule has 2 aromatic carbocycles. The minimum absolute atomic E-state index is 0.362. The number of esters is 1. The van der Waals surface area contributed by atoms with Gasteiger partial charge in [0.15, 0.2) is 0 Å². The second-order valence-electron chi connectivity index (χ2n) is 5.05. The van der Waals surface area contributed by atoms with Gasteiger partial charge < -0.3 is 25.2 Å². The summed E-state index contributed by atoms with van der Waals surface area (Å²) < 4.78 is 4.90. The van der Waals surface area contributed by atoms with Crippen molar-refractivity contribution in [3.63, 3.8) is 0 Å². The van der Waals surface area contributed by atoms with E-state index >= 15 is 0 Å². The van der Waals surface area contributed by atoms with Gasteiger partial charge >= 0.3 is 29.8 Å². The summed E-state index contributed by atoms with van der Waals surface area (Å²) in [5.41, 5.74) is -3.19. The average molecular weight is 374 g/mol. The van der Waals surface area contributed by atoms with Crippen LogP contribution in [0.4, 0.5) is 0 Å². The van der Waals surface area contributed by atoms with E-state index in [2.05, 4.69) is 0 Å². The van der Waals surface area contributed by atoms with E-state index in [1.807, 2.05) is 0 Å². The number of carboxylic acid groups (broad SMARTS) is 4. The van der Waals surface area contributed by atoms with Crippen molar-refractivity contribution < 1.29 is 49.1 Å². The van der Waals surface area contributed by atoms with Crippen molar-refractivity contribution in [2.75, 3.05) is 0 Å². The van der Waals surface area contributed by atoms with E-state index in [1.165, 1.54) is 0 Å². The summed E-state index contributed by atoms with van der Waals surface area (Å²) in [4.78, 5) is 56.9. The SMILES string of the molecule is O=C(O)c1ccc(OC(=O)c2cccc(C(=O)O)c2C(=O)O)cc1C(=O)O. The van der Waals surface area contributed by atoms with Crippen LogP contribution in [-0.4, -0.2) is 50.3 Å². The van der Waals surface area contributed by atoms with Gasteiger partial charge in [0.05, 0.1) is 27.8 Å². The molecule has 0 saturated carbocycles. The number of hydrogen-bond donors (Lipinski definition) is 4. The molecule has 0 atom stereocenters. The number of carbonyl (C=O) groups excluding carboxylic acids is 1. The van der Waals surface area contributed by atoms with Crippen molar-refractivity contribution in [2.24, 2.45) is 0 Å². The van der Waals surface area contributed by atoms with Crippen LogP contribution >= 0.6 is 0 Å². The fraction of sp³-hybridized carbons (Fsp3) is 0. The van der Waals surface area contributed by atoms with E-state index in [4.69, 9.17) is 20.1 Å². The zero-order chi connectivity index (χ0) is 20.3. The second kappa shape index (κ2) is 7.35. The topological polar surface area (TPSA) is 175 Å². The predicted octanol–water partition coefficient (Wildman–Crippen LogP) is 1.70. The molecule has 10 nitrogen and oxygen atoms in total. The molecule has 2 aromatic rings. The zero-order valence-electron chi connectivity index (χ0n) is 13.2. The van der Waals surface area contributed by atoms with Crippen LogP contribution in [0.15, 0.2) is 36.4 Å². The highest BCUT2D eigenvalue weighted by molar-refractivity contribution is 6.10.